The van der Waals surface area contributed by atoms with Gasteiger partial charge in [0, 0.05) is 0 Å². The van der Waals surface area contributed by atoms with Crippen molar-refractivity contribution in [1.29, 1.82) is 0 Å². The van der Waals surface area contributed by atoms with Crippen molar-refractivity contribution < 1.29 is 71.5 Å². The number of hydrogen-bond donors (Lipinski definition) is 0. The van der Waals surface area contributed by atoms with Gasteiger partial charge in [-0.15, -0.1) is 0 Å². The summed E-state index contributed by atoms with van der Waals surface area (Å²) in [6.07, 6.45) is 0. The van der Waals surface area contributed by atoms with E-state index in [1.54, 1.807) is 0 Å². The van der Waals surface area contributed by atoms with Crippen LogP contribution in [0.1, 0.15) is 0 Å². The van der Waals surface area contributed by atoms with Crippen LogP contribution >= 0.6 is 0 Å². The maximum Gasteiger partial charge on any atom is 3.00 e. The van der Waals surface area contributed by atoms with Gasteiger partial charge in [-0.2, -0.15) is 0 Å². The second-order valence-corrected chi connectivity index (χ2v) is 0. The zero-order valence-corrected chi connectivity index (χ0v) is 4.95. The fourth-order valence-electron chi connectivity index (χ4n) is 0. The quantitative estimate of drug-likeness (QED) is 0.555. The van der Waals surface area contributed by atoms with Crippen LogP contribution < -0.4 is 0 Å². The van der Waals surface area contributed by atoms with Gasteiger partial charge in [-0.25, -0.2) is 0 Å². The van der Waals surface area contributed by atoms with E-state index in [2.05, 4.69) is 0 Å². The molecule has 4 heavy (non-hydrogen) atoms. The van der Waals surface area contributed by atoms with Gasteiger partial charge in [-0.05, 0) is 0 Å². The Labute approximate surface area is 70.5 Å². The van der Waals surface area contributed by atoms with Crippen LogP contribution in [0, 0.1) is 38.2 Å². The number of rotatable bonds is 0. The normalized spacial score (nSPS) is 0. The first-order valence-electron chi connectivity index (χ1n) is 0. The molecule has 0 aromatic carbocycles. The SMILES string of the molecule is [Ag+].[Dy+3].[O-2].[O-2]. The average molecular weight is 302 g/mol. The van der Waals surface area contributed by atoms with Gasteiger partial charge in [0.2, 0.25) is 0 Å². The van der Waals surface area contributed by atoms with E-state index in [1.165, 1.54) is 0 Å². The van der Waals surface area contributed by atoms with Crippen molar-refractivity contribution in [2.24, 2.45) is 0 Å². The maximum absolute atomic E-state index is 0. The molecule has 0 spiro atoms. The smallest absolute Gasteiger partial charge is 2.00 e. The molecule has 0 aromatic rings. The Kier molecular flexibility index (Phi) is 197. The van der Waals surface area contributed by atoms with E-state index in [9.17, 15) is 0 Å². The molecule has 0 atom stereocenters. The van der Waals surface area contributed by atoms with Gasteiger partial charge in [0.05, 0.1) is 0 Å². The molecule has 4 heteroatoms. The Morgan fingerprint density at radius 2 is 0.750 bits per heavy atom. The van der Waals surface area contributed by atoms with E-state index in [-0.39, 0.29) is 71.5 Å². The molecule has 0 aromatic heterocycles. The standard InChI is InChI=1S/Ag.Dy.2O/q+1;+3;2*-2. The summed E-state index contributed by atoms with van der Waals surface area (Å²) in [6.45, 7) is 0. The summed E-state index contributed by atoms with van der Waals surface area (Å²) in [6, 6.07) is 0. The van der Waals surface area contributed by atoms with Crippen LogP contribution in [0.5, 0.6) is 0 Å². The zero-order chi connectivity index (χ0) is 0. The molecular weight excluding hydrogens is 302 g/mol. The van der Waals surface area contributed by atoms with Crippen LogP contribution in [0.2, 0.25) is 0 Å². The Bertz CT molecular complexity index is 6.00. The van der Waals surface area contributed by atoms with Crippen molar-refractivity contribution in [2.45, 2.75) is 0 Å². The molecule has 1 radical (unpaired) electrons. The Hall–Kier alpha value is 1.93. The van der Waals surface area contributed by atoms with E-state index in [1.807, 2.05) is 0 Å². The fourth-order valence-corrected chi connectivity index (χ4v) is 0. The molecule has 0 heterocycles. The van der Waals surface area contributed by atoms with E-state index in [0.717, 1.165) is 0 Å². The van der Waals surface area contributed by atoms with Crippen LogP contribution in [0.25, 0.3) is 0 Å². The largest absolute Gasteiger partial charge is 3.00 e. The van der Waals surface area contributed by atoms with Gasteiger partial charge < -0.3 is 11.0 Å². The second-order valence-electron chi connectivity index (χ2n) is 0. The van der Waals surface area contributed by atoms with E-state index < -0.39 is 0 Å². The maximum atomic E-state index is 0. The van der Waals surface area contributed by atoms with Crippen LogP contribution in [-0.4, -0.2) is 0 Å². The first kappa shape index (κ1) is 38.6. The van der Waals surface area contributed by atoms with Crippen molar-refractivity contribution in [2.75, 3.05) is 0 Å². The van der Waals surface area contributed by atoms with Crippen LogP contribution in [0.3, 0.4) is 0 Å². The second kappa shape index (κ2) is 20.4. The first-order chi connectivity index (χ1) is 0. The molecule has 0 aliphatic carbocycles. The molecule has 0 aliphatic heterocycles. The average Bonchev–Trinajstić information content (AvgIpc) is 0. The molecular formula is AgDyO2. The van der Waals surface area contributed by atoms with Gasteiger partial charge in [0.25, 0.3) is 0 Å². The summed E-state index contributed by atoms with van der Waals surface area (Å²) in [5.74, 6) is 0. The third-order valence-corrected chi connectivity index (χ3v) is 0. The minimum atomic E-state index is 0. The number of hydrogen-bond acceptors (Lipinski definition) is 0. The molecule has 0 saturated carbocycles. The molecule has 0 amide bonds. The molecule has 0 N–H and O–H groups in total. The molecule has 0 saturated heterocycles. The summed E-state index contributed by atoms with van der Waals surface area (Å²) in [4.78, 5) is 0. The molecule has 0 rings (SSSR count). The Balaban J connectivity index is 0. The first-order valence-corrected chi connectivity index (χ1v) is 0. The van der Waals surface area contributed by atoms with Gasteiger partial charge in [0.1, 0.15) is 0 Å². The molecule has 0 fully saturated rings. The van der Waals surface area contributed by atoms with Gasteiger partial charge in [-0.1, -0.05) is 0 Å². The van der Waals surface area contributed by atoms with Crippen LogP contribution in [0.4, 0.5) is 0 Å². The summed E-state index contributed by atoms with van der Waals surface area (Å²) >= 11 is 0. The van der Waals surface area contributed by atoms with E-state index >= 15 is 0 Å². The topological polar surface area (TPSA) is 57.0 Å². The van der Waals surface area contributed by atoms with E-state index in [4.69, 9.17) is 0 Å². The van der Waals surface area contributed by atoms with E-state index in [0.29, 0.717) is 0 Å². The molecule has 2 nitrogen and oxygen atoms in total. The van der Waals surface area contributed by atoms with Crippen LogP contribution in [-0.2, 0) is 33.3 Å². The zero-order valence-electron chi connectivity index (χ0n) is 1.43. The predicted molar refractivity (Wildman–Crippen MR) is 1.37 cm³/mol. The summed E-state index contributed by atoms with van der Waals surface area (Å²) in [5, 5.41) is 0. The third-order valence-electron chi connectivity index (χ3n) is 0. The molecule has 0 bridgehead atoms. The van der Waals surface area contributed by atoms with Crippen molar-refractivity contribution in [3.05, 3.63) is 0 Å². The van der Waals surface area contributed by atoms with Crippen molar-refractivity contribution in [3.8, 4) is 0 Å². The third kappa shape index (κ3) is 9.05. The molecule has 0 aliphatic rings. The van der Waals surface area contributed by atoms with Gasteiger partial charge in [-0.3, -0.25) is 0 Å². The monoisotopic (exact) mass is 303 g/mol. The predicted octanol–water partition coefficient (Wildman–Crippen LogP) is -0.240. The van der Waals surface area contributed by atoms with Crippen molar-refractivity contribution >= 4 is 0 Å². The van der Waals surface area contributed by atoms with Crippen molar-refractivity contribution in [3.63, 3.8) is 0 Å². The minimum absolute atomic E-state index is 0. The minimum Gasteiger partial charge on any atom is -2.00 e. The summed E-state index contributed by atoms with van der Waals surface area (Å²) in [5.41, 5.74) is 0. The van der Waals surface area contributed by atoms with Crippen molar-refractivity contribution in [1.82, 2.24) is 0 Å². The summed E-state index contributed by atoms with van der Waals surface area (Å²) in [7, 11) is 0. The molecule has 0 unspecified atom stereocenters. The molecule has 33 valence electrons. The van der Waals surface area contributed by atoms with Gasteiger partial charge >= 0.3 is 60.6 Å². The fraction of sp³-hybridized carbons (Fsp3) is 0. The Morgan fingerprint density at radius 3 is 0.750 bits per heavy atom. The van der Waals surface area contributed by atoms with Gasteiger partial charge in [0.15, 0.2) is 0 Å². The summed E-state index contributed by atoms with van der Waals surface area (Å²) < 4.78 is 0. The Morgan fingerprint density at radius 1 is 0.750 bits per heavy atom. The van der Waals surface area contributed by atoms with Crippen LogP contribution in [0.15, 0.2) is 0 Å².